The fraction of sp³-hybridized carbons (Fsp3) is 0.533. The molecule has 3 rings (SSSR count). The minimum absolute atomic E-state index is 0.124. The summed E-state index contributed by atoms with van der Waals surface area (Å²) in [4.78, 5) is 10.7. The van der Waals surface area contributed by atoms with Crippen LogP contribution in [0.5, 0.6) is 0 Å². The summed E-state index contributed by atoms with van der Waals surface area (Å²) in [5, 5.41) is 0. The van der Waals surface area contributed by atoms with Crippen LogP contribution in [0, 0.1) is 5.92 Å². The van der Waals surface area contributed by atoms with Crippen molar-refractivity contribution in [2.45, 2.75) is 36.9 Å². The number of ether oxygens (including phenoxy) is 2. The monoisotopic (exact) mass is 337 g/mol. The van der Waals surface area contributed by atoms with E-state index in [0.717, 1.165) is 5.56 Å². The summed E-state index contributed by atoms with van der Waals surface area (Å²) >= 11 is 0. The van der Waals surface area contributed by atoms with Gasteiger partial charge < -0.3 is 9.47 Å². The molecule has 23 heavy (non-hydrogen) atoms. The molecule has 2 aliphatic rings. The van der Waals surface area contributed by atoms with Gasteiger partial charge in [0.2, 0.25) is 10.0 Å². The first-order valence-electron chi connectivity index (χ1n) is 7.64. The first-order chi connectivity index (χ1) is 10.8. The lowest BCUT2D eigenvalue weighted by atomic mass is 9.86. The van der Waals surface area contributed by atoms with Crippen LogP contribution in [-0.2, 0) is 30.9 Å². The van der Waals surface area contributed by atoms with Gasteiger partial charge in [-0.25, -0.2) is 8.42 Å². The highest BCUT2D eigenvalue weighted by molar-refractivity contribution is 7.90. The number of esters is 1. The number of nitrogens with zero attached hydrogens (tertiary/aromatic N) is 1. The predicted molar refractivity (Wildman–Crippen MR) is 86.6 cm³/mol. The van der Waals surface area contributed by atoms with Gasteiger partial charge in [0.25, 0.3) is 0 Å². The largest absolute Gasteiger partial charge is 0.461 e. The molecule has 6 nitrogen and oxygen atoms in total. The van der Waals surface area contributed by atoms with E-state index in [0.29, 0.717) is 0 Å². The van der Waals surface area contributed by atoms with Crippen molar-refractivity contribution in [2.75, 3.05) is 7.05 Å². The molecule has 4 atom stereocenters. The summed E-state index contributed by atoms with van der Waals surface area (Å²) in [6.45, 7) is 1.94. The molecule has 0 amide bonds. The summed E-state index contributed by atoms with van der Waals surface area (Å²) in [7, 11) is -0.293. The lowest BCUT2D eigenvalue weighted by molar-refractivity contribution is -0.149. The van der Waals surface area contributed by atoms with E-state index in [1.165, 1.54) is 4.31 Å². The summed E-state index contributed by atoms with van der Waals surface area (Å²) < 4.78 is 37.6. The fourth-order valence-corrected chi connectivity index (χ4v) is 6.10. The summed E-state index contributed by atoms with van der Waals surface area (Å²) in [6, 6.07) is 8.80. The molecule has 0 saturated carbocycles. The van der Waals surface area contributed by atoms with Gasteiger partial charge in [0.15, 0.2) is 4.93 Å². The first kappa shape index (κ1) is 16.5. The molecule has 1 aromatic carbocycles. The van der Waals surface area contributed by atoms with Crippen LogP contribution in [0.15, 0.2) is 30.3 Å². The van der Waals surface area contributed by atoms with Crippen LogP contribution >= 0.6 is 0 Å². The van der Waals surface area contributed by atoms with Gasteiger partial charge in [-0.2, -0.15) is 4.31 Å². The van der Waals surface area contributed by atoms with Gasteiger partial charge in [0.05, 0.1) is 6.42 Å². The Kier molecular flexibility index (Phi) is 4.02. The van der Waals surface area contributed by atoms with E-state index < -0.39 is 20.9 Å². The molecule has 8 heteroatoms. The molecule has 0 aliphatic carbocycles. The molecule has 0 aromatic heterocycles. The van der Waals surface area contributed by atoms with Crippen LogP contribution in [0.2, 0.25) is 0 Å². The average Bonchev–Trinajstić information content (AvgIpc) is 2.83. The zero-order chi connectivity index (χ0) is 16.8. The number of hydrogen-bond donors (Lipinski definition) is 0. The smallest absolute Gasteiger partial charge is 0.310 e. The van der Waals surface area contributed by atoms with Gasteiger partial charge in [-0.15, -0.1) is 0 Å². The highest BCUT2D eigenvalue weighted by Crippen LogP contribution is 2.52. The molecule has 1 aromatic rings. The van der Waals surface area contributed by atoms with Gasteiger partial charge in [0.1, 0.15) is 14.5 Å². The number of hydrogen-bond acceptors (Lipinski definition) is 5. The Bertz CT molecular complexity index is 710. The normalized spacial score (nSPS) is 35.3. The molecular formula is C15H20BNO5S. The Hall–Kier alpha value is -1.38. The Labute approximate surface area is 137 Å². The number of carbonyl (C=O) groups excluding carboxylic acids is 1. The molecule has 0 radical (unpaired) electrons. The van der Waals surface area contributed by atoms with Crippen LogP contribution in [0.3, 0.4) is 0 Å². The summed E-state index contributed by atoms with van der Waals surface area (Å²) in [5.41, 5.74) is 0.858. The maximum absolute atomic E-state index is 12.6. The Balaban J connectivity index is 1.74. The van der Waals surface area contributed by atoms with E-state index in [9.17, 15) is 13.2 Å². The maximum atomic E-state index is 12.6. The van der Waals surface area contributed by atoms with Crippen molar-refractivity contribution in [2.24, 2.45) is 5.92 Å². The minimum atomic E-state index is -3.68. The van der Waals surface area contributed by atoms with Gasteiger partial charge in [-0.1, -0.05) is 37.3 Å². The van der Waals surface area contributed by atoms with Crippen LogP contribution in [0.25, 0.3) is 0 Å². The second-order valence-electron chi connectivity index (χ2n) is 6.26. The third-order valence-electron chi connectivity index (χ3n) is 4.94. The standard InChI is InChI=1S/C15H20BNO5S/c1-10-13-14(16)22-15(10,23(19,20)17(13)2)8-12(18)21-9-11-6-4-3-5-7-11/h3-7,10,13-14H,8-9,16H2,1-2H3/t10?,13-,14+,15-/m0/s1. The number of benzene rings is 1. The van der Waals surface area contributed by atoms with E-state index in [1.54, 1.807) is 7.05 Å². The zero-order valence-electron chi connectivity index (χ0n) is 13.4. The molecule has 0 N–H and O–H groups in total. The van der Waals surface area contributed by atoms with Crippen LogP contribution in [0.4, 0.5) is 0 Å². The average molecular weight is 337 g/mol. The number of rotatable bonds is 4. The van der Waals surface area contributed by atoms with E-state index in [4.69, 9.17) is 9.47 Å². The number of likely N-dealkylation sites (N-methyl/N-ethyl adjacent to an activating group) is 1. The predicted octanol–water partition coefficient (Wildman–Crippen LogP) is 0.0855. The number of sulfonamides is 1. The van der Waals surface area contributed by atoms with Crippen molar-refractivity contribution in [3.63, 3.8) is 0 Å². The van der Waals surface area contributed by atoms with Crippen LogP contribution in [0.1, 0.15) is 18.9 Å². The topological polar surface area (TPSA) is 72.9 Å². The lowest BCUT2D eigenvalue weighted by Gasteiger charge is -2.33. The van der Waals surface area contributed by atoms with Crippen molar-refractivity contribution < 1.29 is 22.7 Å². The third kappa shape index (κ3) is 2.40. The SMILES string of the molecule is B[C@@H]1O[C@]2(CC(=O)OCc3ccccc3)C(C)[C@@H]1N(C)S2(=O)=O. The Morgan fingerprint density at radius 1 is 1.39 bits per heavy atom. The van der Waals surface area contributed by atoms with E-state index in [-0.39, 0.29) is 31.0 Å². The van der Waals surface area contributed by atoms with Gasteiger partial charge in [-0.05, 0) is 5.56 Å². The molecule has 2 heterocycles. The first-order valence-corrected chi connectivity index (χ1v) is 9.08. The van der Waals surface area contributed by atoms with Crippen molar-refractivity contribution in [1.82, 2.24) is 4.31 Å². The molecule has 2 saturated heterocycles. The van der Waals surface area contributed by atoms with Crippen LogP contribution < -0.4 is 0 Å². The highest BCUT2D eigenvalue weighted by Gasteiger charge is 2.69. The van der Waals surface area contributed by atoms with Crippen molar-refractivity contribution in [3.8, 4) is 0 Å². The summed E-state index contributed by atoms with van der Waals surface area (Å²) in [6.07, 6.45) is -0.283. The number of fused-ring (bicyclic) bond motifs is 2. The zero-order valence-corrected chi connectivity index (χ0v) is 14.2. The van der Waals surface area contributed by atoms with Crippen molar-refractivity contribution >= 4 is 23.8 Å². The second kappa shape index (κ2) is 5.61. The fourth-order valence-electron chi connectivity index (χ4n) is 3.75. The quantitative estimate of drug-likeness (QED) is 0.575. The molecule has 2 aliphatic heterocycles. The molecule has 124 valence electrons. The Morgan fingerprint density at radius 3 is 2.65 bits per heavy atom. The maximum Gasteiger partial charge on any atom is 0.310 e. The van der Waals surface area contributed by atoms with Crippen LogP contribution in [-0.4, -0.2) is 50.6 Å². The Morgan fingerprint density at radius 2 is 2.04 bits per heavy atom. The van der Waals surface area contributed by atoms with E-state index >= 15 is 0 Å². The van der Waals surface area contributed by atoms with E-state index in [2.05, 4.69) is 0 Å². The second-order valence-corrected chi connectivity index (χ2v) is 8.48. The lowest BCUT2D eigenvalue weighted by Crippen LogP contribution is -2.51. The molecule has 2 fully saturated rings. The number of carbonyl (C=O) groups is 1. The van der Waals surface area contributed by atoms with Gasteiger partial charge in [0, 0.05) is 25.0 Å². The molecule has 1 unspecified atom stereocenters. The molecule has 0 spiro atoms. The third-order valence-corrected chi connectivity index (χ3v) is 7.43. The van der Waals surface area contributed by atoms with Gasteiger partial charge >= 0.3 is 5.97 Å². The molecular weight excluding hydrogens is 317 g/mol. The van der Waals surface area contributed by atoms with Crippen molar-refractivity contribution in [1.29, 1.82) is 0 Å². The summed E-state index contributed by atoms with van der Waals surface area (Å²) in [5.74, 6) is -0.843. The van der Waals surface area contributed by atoms with Crippen molar-refractivity contribution in [3.05, 3.63) is 35.9 Å². The highest BCUT2D eigenvalue weighted by atomic mass is 32.2. The van der Waals surface area contributed by atoms with E-state index in [1.807, 2.05) is 45.1 Å². The minimum Gasteiger partial charge on any atom is -0.461 e. The molecule has 2 bridgehead atoms. The van der Waals surface area contributed by atoms with Gasteiger partial charge in [-0.3, -0.25) is 4.79 Å².